The zero-order chi connectivity index (χ0) is 29.1. The van der Waals surface area contributed by atoms with Crippen molar-refractivity contribution in [2.24, 2.45) is 0 Å². The first-order chi connectivity index (χ1) is 15.8. The van der Waals surface area contributed by atoms with E-state index in [9.17, 15) is 79.8 Å². The predicted octanol–water partition coefficient (Wildman–Crippen LogP) is 5.16. The maximum Gasteiger partial charge on any atom is 0.473 e. The highest BCUT2D eigenvalue weighted by Crippen LogP contribution is 2.50. The van der Waals surface area contributed by atoms with E-state index in [1.807, 2.05) is 0 Å². The summed E-state index contributed by atoms with van der Waals surface area (Å²) in [7, 11) is 0. The molecule has 0 aromatic rings. The second-order valence-electron chi connectivity index (χ2n) is 5.86. The molecule has 0 spiro atoms. The second kappa shape index (κ2) is 11.2. The van der Waals surface area contributed by atoms with Crippen molar-refractivity contribution in [1.82, 2.24) is 0 Å². The fourth-order valence-corrected chi connectivity index (χ4v) is 2.00. The first kappa shape index (κ1) is 34.0. The van der Waals surface area contributed by atoms with Crippen LogP contribution >= 0.6 is 12.0 Å². The number of hydrogen-bond acceptors (Lipinski definition) is 8. The summed E-state index contributed by atoms with van der Waals surface area (Å²) >= 11 is -1.10. The van der Waals surface area contributed by atoms with E-state index in [1.165, 1.54) is 0 Å². The van der Waals surface area contributed by atoms with E-state index in [0.717, 1.165) is 0 Å². The van der Waals surface area contributed by atoms with Crippen LogP contribution in [0.1, 0.15) is 6.42 Å². The molecule has 214 valence electrons. The van der Waals surface area contributed by atoms with Gasteiger partial charge in [0.2, 0.25) is 0 Å². The van der Waals surface area contributed by atoms with Crippen molar-refractivity contribution in [3.8, 4) is 0 Å². The van der Waals surface area contributed by atoms with Crippen LogP contribution in [-0.4, -0.2) is 71.2 Å². The number of carbonyl (C=O) groups excluding carboxylic acids is 2. The molecule has 0 heterocycles. The maximum atomic E-state index is 13.3. The third-order valence-corrected chi connectivity index (χ3v) is 4.12. The van der Waals surface area contributed by atoms with Crippen molar-refractivity contribution in [2.75, 3.05) is 0 Å². The third kappa shape index (κ3) is 6.67. The highest BCUT2D eigenvalue weighted by molar-refractivity contribution is 7.95. The summed E-state index contributed by atoms with van der Waals surface area (Å²) in [5, 5.41) is 7.31. The Bertz CT molecular complexity index is 777. The molecule has 1 N–H and O–H groups in total. The molecule has 0 aliphatic rings. The van der Waals surface area contributed by atoms with Crippen LogP contribution in [-0.2, 0) is 28.4 Å². The van der Waals surface area contributed by atoms with Gasteiger partial charge in [-0.05, 0) is 0 Å². The molecule has 0 saturated carbocycles. The van der Waals surface area contributed by atoms with E-state index in [0.29, 0.717) is 0 Å². The smallest absolute Gasteiger partial charge is 0.396 e. The van der Waals surface area contributed by atoms with Gasteiger partial charge in [-0.25, -0.2) is 22.8 Å². The van der Waals surface area contributed by atoms with E-state index in [2.05, 4.69) is 18.8 Å². The average molecular weight is 598 g/mol. The zero-order valence-electron chi connectivity index (χ0n) is 15.8. The van der Waals surface area contributed by atoms with Gasteiger partial charge in [0.05, 0.1) is 18.5 Å². The number of carbonyl (C=O) groups is 2. The van der Waals surface area contributed by atoms with Gasteiger partial charge in [-0.3, -0.25) is 9.59 Å². The van der Waals surface area contributed by atoms with Crippen molar-refractivity contribution < 1.29 is 104 Å². The Labute approximate surface area is 189 Å². The quantitative estimate of drug-likeness (QED) is 0.0966. The summed E-state index contributed by atoms with van der Waals surface area (Å²) in [4.78, 5) is 22.8. The fraction of sp³-hybridized carbons (Fsp3) is 0.833. The first-order valence-corrected chi connectivity index (χ1v) is 8.55. The minimum absolute atomic E-state index is 1.10. The van der Waals surface area contributed by atoms with E-state index in [4.69, 9.17) is 5.26 Å². The molecule has 0 saturated heterocycles. The Morgan fingerprint density at radius 2 is 1.06 bits per heavy atom. The Hall–Kier alpha value is -1.95. The molecule has 1 unspecified atom stereocenters. The topological polar surface area (TPSA) is 91.3 Å². The van der Waals surface area contributed by atoms with Gasteiger partial charge < -0.3 is 9.47 Å². The standard InChI is InChI=1S/C12H6F16O7S/c13-5(14)7(17,18)9(21,22)11(25,26)32-3(29)1-2(36-35-34-31)4(30)33-12(27,28)10(23,24)8(19,20)6(15)16/h2,5-6,31H,1H2. The van der Waals surface area contributed by atoms with Crippen LogP contribution < -0.4 is 0 Å². The minimum Gasteiger partial charge on any atom is -0.396 e. The molecule has 0 aliphatic carbocycles. The van der Waals surface area contributed by atoms with Crippen LogP contribution in [0.2, 0.25) is 0 Å². The molecule has 0 rings (SSSR count). The number of hydrogen-bond donors (Lipinski definition) is 1. The lowest BCUT2D eigenvalue weighted by atomic mass is 10.1. The van der Waals surface area contributed by atoms with Gasteiger partial charge in [0.1, 0.15) is 5.25 Å². The van der Waals surface area contributed by atoms with Crippen molar-refractivity contribution in [1.29, 1.82) is 0 Å². The SMILES string of the molecule is O=C(CC(SOOO)C(=O)OC(F)(F)C(F)(F)C(F)(F)C(F)F)OC(F)(F)C(F)(F)C(F)(F)C(F)F. The summed E-state index contributed by atoms with van der Waals surface area (Å²) < 4.78 is 213. The molecule has 0 fully saturated rings. The van der Waals surface area contributed by atoms with Crippen LogP contribution in [0.3, 0.4) is 0 Å². The summed E-state index contributed by atoms with van der Waals surface area (Å²) in [5.74, 6) is -34.4. The lowest BCUT2D eigenvalue weighted by Gasteiger charge is -2.32. The second-order valence-corrected chi connectivity index (χ2v) is 6.75. The molecule has 0 bridgehead atoms. The molecule has 0 aromatic heterocycles. The highest BCUT2D eigenvalue weighted by atomic mass is 32.2. The van der Waals surface area contributed by atoms with Crippen molar-refractivity contribution in [2.45, 2.75) is 60.4 Å². The lowest BCUT2D eigenvalue weighted by molar-refractivity contribution is -0.432. The van der Waals surface area contributed by atoms with Crippen molar-refractivity contribution in [3.63, 3.8) is 0 Å². The molecular formula is C12H6F16O7S. The minimum atomic E-state index is -7.20. The Morgan fingerprint density at radius 1 is 0.694 bits per heavy atom. The normalized spacial score (nSPS) is 15.3. The van der Waals surface area contributed by atoms with Gasteiger partial charge in [-0.2, -0.15) is 52.7 Å². The molecular weight excluding hydrogens is 592 g/mol. The summed E-state index contributed by atoms with van der Waals surface area (Å²) in [6.45, 7) is 0. The number of rotatable bonds is 14. The Kier molecular flexibility index (Phi) is 10.6. The molecule has 7 nitrogen and oxygen atoms in total. The van der Waals surface area contributed by atoms with Gasteiger partial charge in [-0.15, -0.1) is 4.33 Å². The number of alkyl halides is 16. The maximum absolute atomic E-state index is 13.3. The molecule has 0 aliphatic heterocycles. The average Bonchev–Trinajstić information content (AvgIpc) is 2.69. The number of ether oxygens (including phenoxy) is 2. The van der Waals surface area contributed by atoms with Gasteiger partial charge in [-0.1, -0.05) is 5.04 Å². The van der Waals surface area contributed by atoms with Gasteiger partial charge >= 0.3 is 60.7 Å². The molecule has 0 radical (unpaired) electrons. The van der Waals surface area contributed by atoms with E-state index in [1.54, 1.807) is 0 Å². The molecule has 0 aromatic carbocycles. The number of halogens is 16. The van der Waals surface area contributed by atoms with Crippen molar-refractivity contribution >= 4 is 24.0 Å². The largest absolute Gasteiger partial charge is 0.473 e. The lowest BCUT2D eigenvalue weighted by Crippen LogP contribution is -2.59. The third-order valence-electron chi connectivity index (χ3n) is 3.39. The summed E-state index contributed by atoms with van der Waals surface area (Å²) in [6.07, 6.45) is -27.2. The van der Waals surface area contributed by atoms with Crippen LogP contribution in [0.5, 0.6) is 0 Å². The van der Waals surface area contributed by atoms with Crippen LogP contribution in [0.4, 0.5) is 70.2 Å². The van der Waals surface area contributed by atoms with E-state index >= 15 is 0 Å². The molecule has 0 amide bonds. The monoisotopic (exact) mass is 598 g/mol. The molecule has 36 heavy (non-hydrogen) atoms. The van der Waals surface area contributed by atoms with Gasteiger partial charge in [0.15, 0.2) is 0 Å². The van der Waals surface area contributed by atoms with Crippen LogP contribution in [0.15, 0.2) is 0 Å². The van der Waals surface area contributed by atoms with Crippen molar-refractivity contribution in [3.05, 3.63) is 0 Å². The summed E-state index contributed by atoms with van der Waals surface area (Å²) in [5.41, 5.74) is 0. The fourth-order valence-electron chi connectivity index (χ4n) is 1.54. The summed E-state index contributed by atoms with van der Waals surface area (Å²) in [6, 6.07) is 0. The van der Waals surface area contributed by atoms with Gasteiger partial charge in [0, 0.05) is 0 Å². The Morgan fingerprint density at radius 3 is 1.39 bits per heavy atom. The van der Waals surface area contributed by atoms with E-state index < -0.39 is 84.4 Å². The highest BCUT2D eigenvalue weighted by Gasteiger charge is 2.79. The van der Waals surface area contributed by atoms with Gasteiger partial charge in [0.25, 0.3) is 0 Å². The predicted molar refractivity (Wildman–Crippen MR) is 74.7 cm³/mol. The molecule has 24 heteroatoms. The number of esters is 2. The van der Waals surface area contributed by atoms with Crippen LogP contribution in [0.25, 0.3) is 0 Å². The molecule has 1 atom stereocenters. The van der Waals surface area contributed by atoms with Crippen LogP contribution in [0, 0.1) is 0 Å². The van der Waals surface area contributed by atoms with E-state index in [-0.39, 0.29) is 0 Å². The zero-order valence-corrected chi connectivity index (χ0v) is 16.6. The first-order valence-electron chi connectivity index (χ1n) is 7.74. The Balaban J connectivity index is 5.83.